The van der Waals surface area contributed by atoms with E-state index >= 15 is 0 Å². The Morgan fingerprint density at radius 2 is 2.00 bits per heavy atom. The fraction of sp³-hybridized carbons (Fsp3) is 0.111. The Balaban J connectivity index is 1.40. The van der Waals surface area contributed by atoms with Crippen molar-refractivity contribution in [2.75, 3.05) is 11.1 Å². The molecule has 0 unspecified atom stereocenters. The zero-order valence-electron chi connectivity index (χ0n) is 14.9. The highest BCUT2D eigenvalue weighted by Crippen LogP contribution is 2.20. The molecular formula is C18H15F2N7O2. The fourth-order valence-electron chi connectivity index (χ4n) is 2.74. The first kappa shape index (κ1) is 18.3. The number of fused-ring (bicyclic) bond motifs is 1. The van der Waals surface area contributed by atoms with E-state index in [-0.39, 0.29) is 24.1 Å². The molecule has 1 aromatic carbocycles. The average Bonchev–Trinajstić information content (AvgIpc) is 3.27. The lowest BCUT2D eigenvalue weighted by Gasteiger charge is -2.07. The van der Waals surface area contributed by atoms with Crippen molar-refractivity contribution < 1.29 is 18.3 Å². The molecule has 11 heteroatoms. The van der Waals surface area contributed by atoms with Crippen LogP contribution in [0.4, 0.5) is 20.4 Å². The minimum absolute atomic E-state index is 0.0149. The molecule has 0 spiro atoms. The van der Waals surface area contributed by atoms with E-state index in [9.17, 15) is 13.6 Å². The van der Waals surface area contributed by atoms with Gasteiger partial charge in [-0.15, -0.1) is 5.10 Å². The Labute approximate surface area is 162 Å². The number of pyridine rings is 1. The molecule has 0 bridgehead atoms. The molecule has 0 saturated heterocycles. The number of anilines is 2. The molecule has 0 atom stereocenters. The van der Waals surface area contributed by atoms with E-state index in [1.54, 1.807) is 23.1 Å². The standard InChI is InChI=1S/C18H15F2N7O2/c19-17(20)29-14-3-1-13(2-4-14)23-16(28)10-26-9-12(8-22-26)11-5-6-27-15(7-11)24-18(21)25-27/h1-9,17H,10H2,(H2,21,25)(H,23,28). The van der Waals surface area contributed by atoms with Crippen molar-refractivity contribution in [2.45, 2.75) is 13.2 Å². The summed E-state index contributed by atoms with van der Waals surface area (Å²) in [6.45, 7) is -2.91. The summed E-state index contributed by atoms with van der Waals surface area (Å²) in [5.74, 6) is -0.118. The first-order chi connectivity index (χ1) is 14.0. The number of ether oxygens (including phenoxy) is 1. The maximum Gasteiger partial charge on any atom is 0.387 e. The van der Waals surface area contributed by atoms with Crippen LogP contribution in [0, 0.1) is 0 Å². The molecule has 3 aromatic heterocycles. The van der Waals surface area contributed by atoms with E-state index in [0.717, 1.165) is 11.1 Å². The number of benzene rings is 1. The Bertz CT molecular complexity index is 1150. The summed E-state index contributed by atoms with van der Waals surface area (Å²) >= 11 is 0. The summed E-state index contributed by atoms with van der Waals surface area (Å²) in [5, 5.41) is 10.9. The second-order valence-corrected chi connectivity index (χ2v) is 6.07. The maximum atomic E-state index is 12.2. The van der Waals surface area contributed by atoms with Crippen LogP contribution in [-0.2, 0) is 11.3 Å². The molecular weight excluding hydrogens is 384 g/mol. The number of amides is 1. The number of hydrogen-bond donors (Lipinski definition) is 2. The monoisotopic (exact) mass is 399 g/mol. The third-order valence-electron chi connectivity index (χ3n) is 3.99. The molecule has 0 aliphatic carbocycles. The molecule has 0 aliphatic heterocycles. The van der Waals surface area contributed by atoms with E-state index in [2.05, 4.69) is 25.2 Å². The highest BCUT2D eigenvalue weighted by Gasteiger charge is 2.09. The van der Waals surface area contributed by atoms with Crippen molar-refractivity contribution in [1.29, 1.82) is 0 Å². The van der Waals surface area contributed by atoms with E-state index in [1.807, 2.05) is 12.1 Å². The van der Waals surface area contributed by atoms with Gasteiger partial charge in [0.25, 0.3) is 0 Å². The smallest absolute Gasteiger partial charge is 0.387 e. The number of carbonyl (C=O) groups excluding carboxylic acids is 1. The van der Waals surface area contributed by atoms with Gasteiger partial charge in [0.1, 0.15) is 12.3 Å². The van der Waals surface area contributed by atoms with Crippen molar-refractivity contribution in [3.63, 3.8) is 0 Å². The molecule has 0 saturated carbocycles. The van der Waals surface area contributed by atoms with Crippen molar-refractivity contribution in [2.24, 2.45) is 0 Å². The predicted molar refractivity (Wildman–Crippen MR) is 100 cm³/mol. The van der Waals surface area contributed by atoms with Gasteiger partial charge in [-0.2, -0.15) is 18.9 Å². The first-order valence-electron chi connectivity index (χ1n) is 8.46. The zero-order chi connectivity index (χ0) is 20.4. The van der Waals surface area contributed by atoms with Crippen molar-refractivity contribution >= 4 is 23.2 Å². The second kappa shape index (κ2) is 7.54. The lowest BCUT2D eigenvalue weighted by Crippen LogP contribution is -2.18. The summed E-state index contributed by atoms with van der Waals surface area (Å²) in [5.41, 5.74) is 8.30. The molecule has 3 N–H and O–H groups in total. The number of nitrogens with zero attached hydrogens (tertiary/aromatic N) is 5. The topological polar surface area (TPSA) is 112 Å². The van der Waals surface area contributed by atoms with Gasteiger partial charge in [0, 0.05) is 23.6 Å². The van der Waals surface area contributed by atoms with Gasteiger partial charge in [-0.1, -0.05) is 0 Å². The van der Waals surface area contributed by atoms with E-state index in [0.29, 0.717) is 11.3 Å². The number of halogens is 2. The van der Waals surface area contributed by atoms with Gasteiger partial charge in [0.15, 0.2) is 5.65 Å². The molecule has 1 amide bonds. The summed E-state index contributed by atoms with van der Waals surface area (Å²) in [7, 11) is 0. The van der Waals surface area contributed by atoms with Gasteiger partial charge >= 0.3 is 6.61 Å². The first-order valence-corrected chi connectivity index (χ1v) is 8.46. The van der Waals surface area contributed by atoms with Crippen LogP contribution < -0.4 is 15.8 Å². The number of nitrogen functional groups attached to an aromatic ring is 1. The third-order valence-corrected chi connectivity index (χ3v) is 3.99. The van der Waals surface area contributed by atoms with Crippen LogP contribution in [0.3, 0.4) is 0 Å². The van der Waals surface area contributed by atoms with Crippen molar-refractivity contribution in [3.8, 4) is 16.9 Å². The van der Waals surface area contributed by atoms with Crippen LogP contribution >= 0.6 is 0 Å². The second-order valence-electron chi connectivity index (χ2n) is 6.07. The van der Waals surface area contributed by atoms with Crippen LogP contribution in [0.25, 0.3) is 16.8 Å². The summed E-state index contributed by atoms with van der Waals surface area (Å²) in [6, 6.07) is 9.30. The molecule has 4 rings (SSSR count). The number of rotatable bonds is 6. The summed E-state index contributed by atoms with van der Waals surface area (Å²) in [4.78, 5) is 16.3. The summed E-state index contributed by atoms with van der Waals surface area (Å²) in [6.07, 6.45) is 5.10. The number of nitrogens with two attached hydrogens (primary N) is 1. The van der Waals surface area contributed by atoms with Crippen molar-refractivity contribution in [3.05, 3.63) is 55.0 Å². The van der Waals surface area contributed by atoms with Crippen LogP contribution in [0.5, 0.6) is 5.75 Å². The number of carbonyl (C=O) groups is 1. The molecule has 3 heterocycles. The van der Waals surface area contributed by atoms with Gasteiger partial charge in [0.2, 0.25) is 11.9 Å². The number of nitrogens with one attached hydrogen (secondary N) is 1. The SMILES string of the molecule is Nc1nc2cc(-c3cnn(CC(=O)Nc4ccc(OC(F)F)cc4)c3)ccn2n1. The Hall–Kier alpha value is -4.02. The zero-order valence-corrected chi connectivity index (χ0v) is 14.9. The minimum atomic E-state index is -2.90. The lowest BCUT2D eigenvalue weighted by atomic mass is 10.1. The predicted octanol–water partition coefficient (Wildman–Crippen LogP) is 2.42. The van der Waals surface area contributed by atoms with Crippen LogP contribution in [0.2, 0.25) is 0 Å². The van der Waals surface area contributed by atoms with Gasteiger partial charge in [-0.05, 0) is 42.0 Å². The number of hydrogen-bond acceptors (Lipinski definition) is 6. The van der Waals surface area contributed by atoms with Gasteiger partial charge < -0.3 is 15.8 Å². The van der Waals surface area contributed by atoms with Crippen molar-refractivity contribution in [1.82, 2.24) is 24.4 Å². The molecule has 0 aliphatic rings. The Kier molecular flexibility index (Phi) is 4.77. The highest BCUT2D eigenvalue weighted by molar-refractivity contribution is 5.90. The molecule has 9 nitrogen and oxygen atoms in total. The van der Waals surface area contributed by atoms with Crippen LogP contribution in [0.15, 0.2) is 55.0 Å². The maximum absolute atomic E-state index is 12.2. The van der Waals surface area contributed by atoms with E-state index in [4.69, 9.17) is 5.73 Å². The third kappa shape index (κ3) is 4.29. The largest absolute Gasteiger partial charge is 0.435 e. The summed E-state index contributed by atoms with van der Waals surface area (Å²) < 4.78 is 31.6. The van der Waals surface area contributed by atoms with Gasteiger partial charge in [-0.25, -0.2) is 4.52 Å². The van der Waals surface area contributed by atoms with E-state index in [1.165, 1.54) is 28.9 Å². The van der Waals surface area contributed by atoms with Crippen LogP contribution in [-0.4, -0.2) is 36.9 Å². The highest BCUT2D eigenvalue weighted by atomic mass is 19.3. The molecule has 0 radical (unpaired) electrons. The van der Waals surface area contributed by atoms with Crippen LogP contribution in [0.1, 0.15) is 0 Å². The number of alkyl halides is 2. The molecule has 29 heavy (non-hydrogen) atoms. The molecule has 0 fully saturated rings. The Morgan fingerprint density at radius 1 is 1.21 bits per heavy atom. The Morgan fingerprint density at radius 3 is 2.76 bits per heavy atom. The van der Waals surface area contributed by atoms with E-state index < -0.39 is 6.61 Å². The molecule has 148 valence electrons. The normalized spacial score (nSPS) is 11.1. The quantitative estimate of drug-likeness (QED) is 0.515. The van der Waals surface area contributed by atoms with Gasteiger partial charge in [-0.3, -0.25) is 9.48 Å². The van der Waals surface area contributed by atoms with Gasteiger partial charge in [0.05, 0.1) is 6.20 Å². The number of aromatic nitrogens is 5. The average molecular weight is 399 g/mol. The minimum Gasteiger partial charge on any atom is -0.435 e. The lowest BCUT2D eigenvalue weighted by molar-refractivity contribution is -0.116. The fourth-order valence-corrected chi connectivity index (χ4v) is 2.74. The molecule has 4 aromatic rings.